The molecule has 0 fully saturated rings. The predicted molar refractivity (Wildman–Crippen MR) is 65.7 cm³/mol. The number of carbonyl (C=O) groups excluding carboxylic acids is 1. The molecular formula is C11H12BrN3O2. The van der Waals surface area contributed by atoms with Crippen molar-refractivity contribution in [2.24, 2.45) is 5.73 Å². The van der Waals surface area contributed by atoms with E-state index in [-0.39, 0.29) is 5.76 Å². The second-order valence-electron chi connectivity index (χ2n) is 3.77. The standard InChI is InChI=1S/C11H12BrN3O2/c1-6-10(12)7(2)15(14-6)5-8-3-4-9(17-8)11(13)16/h3-4H,5H2,1-2H3,(H2,13,16). The van der Waals surface area contributed by atoms with Gasteiger partial charge in [0.1, 0.15) is 5.76 Å². The topological polar surface area (TPSA) is 74.1 Å². The number of hydrogen-bond donors (Lipinski definition) is 1. The van der Waals surface area contributed by atoms with E-state index in [1.807, 2.05) is 18.5 Å². The number of primary amides is 1. The van der Waals surface area contributed by atoms with Crippen LogP contribution < -0.4 is 5.73 Å². The van der Waals surface area contributed by atoms with Crippen molar-refractivity contribution in [2.45, 2.75) is 20.4 Å². The smallest absolute Gasteiger partial charge is 0.284 e. The van der Waals surface area contributed by atoms with Crippen LogP contribution in [0.4, 0.5) is 0 Å². The zero-order valence-corrected chi connectivity index (χ0v) is 11.1. The Bertz CT molecular complexity index is 571. The molecule has 0 unspecified atom stereocenters. The van der Waals surface area contributed by atoms with Crippen molar-refractivity contribution in [1.29, 1.82) is 0 Å². The number of aryl methyl sites for hydroxylation is 1. The number of aromatic nitrogens is 2. The van der Waals surface area contributed by atoms with E-state index >= 15 is 0 Å². The van der Waals surface area contributed by atoms with Crippen molar-refractivity contribution in [1.82, 2.24) is 9.78 Å². The summed E-state index contributed by atoms with van der Waals surface area (Å²) >= 11 is 3.45. The summed E-state index contributed by atoms with van der Waals surface area (Å²) in [6.45, 7) is 4.36. The number of amides is 1. The van der Waals surface area contributed by atoms with Gasteiger partial charge in [-0.3, -0.25) is 9.48 Å². The van der Waals surface area contributed by atoms with E-state index in [2.05, 4.69) is 21.0 Å². The van der Waals surface area contributed by atoms with Crippen molar-refractivity contribution in [3.63, 3.8) is 0 Å². The molecule has 0 aliphatic rings. The molecule has 2 heterocycles. The Labute approximate surface area is 107 Å². The maximum Gasteiger partial charge on any atom is 0.284 e. The average molecular weight is 298 g/mol. The third kappa shape index (κ3) is 2.26. The maximum atomic E-state index is 10.9. The van der Waals surface area contributed by atoms with Gasteiger partial charge >= 0.3 is 0 Å². The summed E-state index contributed by atoms with van der Waals surface area (Å²) in [6, 6.07) is 3.29. The first-order valence-electron chi connectivity index (χ1n) is 5.07. The van der Waals surface area contributed by atoms with Crippen molar-refractivity contribution in [2.75, 3.05) is 0 Å². The molecule has 0 atom stereocenters. The lowest BCUT2D eigenvalue weighted by Crippen LogP contribution is -2.09. The maximum absolute atomic E-state index is 10.9. The molecule has 0 spiro atoms. The molecule has 2 aromatic heterocycles. The van der Waals surface area contributed by atoms with Crippen LogP contribution in [0.2, 0.25) is 0 Å². The Hall–Kier alpha value is -1.56. The summed E-state index contributed by atoms with van der Waals surface area (Å²) in [5.41, 5.74) is 7.05. The predicted octanol–water partition coefficient (Wildman–Crippen LogP) is 2.00. The molecule has 2 rings (SSSR count). The molecule has 90 valence electrons. The molecule has 0 aromatic carbocycles. The third-order valence-corrected chi connectivity index (χ3v) is 3.65. The van der Waals surface area contributed by atoms with Gasteiger partial charge in [0.25, 0.3) is 5.91 Å². The SMILES string of the molecule is Cc1nn(Cc2ccc(C(N)=O)o2)c(C)c1Br. The first kappa shape index (κ1) is 11.9. The summed E-state index contributed by atoms with van der Waals surface area (Å²) in [5, 5.41) is 4.35. The van der Waals surface area contributed by atoms with Crippen LogP contribution in [0.3, 0.4) is 0 Å². The fourth-order valence-electron chi connectivity index (χ4n) is 1.57. The summed E-state index contributed by atoms with van der Waals surface area (Å²) in [5.74, 6) is 0.253. The van der Waals surface area contributed by atoms with E-state index in [9.17, 15) is 4.79 Å². The first-order valence-corrected chi connectivity index (χ1v) is 5.86. The highest BCUT2D eigenvalue weighted by atomic mass is 79.9. The molecule has 2 N–H and O–H groups in total. The number of nitrogens with two attached hydrogens (primary N) is 1. The number of hydrogen-bond acceptors (Lipinski definition) is 3. The highest BCUT2D eigenvalue weighted by Gasteiger charge is 2.12. The average Bonchev–Trinajstić information content (AvgIpc) is 2.82. The normalized spacial score (nSPS) is 10.8. The monoisotopic (exact) mass is 297 g/mol. The molecule has 5 nitrogen and oxygen atoms in total. The van der Waals surface area contributed by atoms with Crippen molar-refractivity contribution in [3.05, 3.63) is 39.5 Å². The summed E-state index contributed by atoms with van der Waals surface area (Å²) in [7, 11) is 0. The second kappa shape index (κ2) is 4.37. The summed E-state index contributed by atoms with van der Waals surface area (Å²) in [4.78, 5) is 10.9. The van der Waals surface area contributed by atoms with E-state index in [0.29, 0.717) is 12.3 Å². The molecule has 0 radical (unpaired) electrons. The van der Waals surface area contributed by atoms with Gasteiger partial charge in [-0.2, -0.15) is 5.10 Å². The minimum atomic E-state index is -0.564. The van der Waals surface area contributed by atoms with Gasteiger partial charge in [-0.05, 0) is 41.9 Å². The minimum absolute atomic E-state index is 0.167. The quantitative estimate of drug-likeness (QED) is 0.941. The fourth-order valence-corrected chi connectivity index (χ4v) is 1.86. The van der Waals surface area contributed by atoms with Crippen LogP contribution in [0, 0.1) is 13.8 Å². The van der Waals surface area contributed by atoms with Crippen LogP contribution in [0.25, 0.3) is 0 Å². The zero-order valence-electron chi connectivity index (χ0n) is 9.53. The lowest BCUT2D eigenvalue weighted by atomic mass is 10.4. The molecule has 1 amide bonds. The Morgan fingerprint density at radius 2 is 2.24 bits per heavy atom. The van der Waals surface area contributed by atoms with Gasteiger partial charge in [-0.25, -0.2) is 0 Å². The van der Waals surface area contributed by atoms with Crippen molar-refractivity contribution >= 4 is 21.8 Å². The third-order valence-electron chi connectivity index (χ3n) is 2.50. The molecule has 0 bridgehead atoms. The van der Waals surface area contributed by atoms with Gasteiger partial charge in [-0.1, -0.05) is 0 Å². The van der Waals surface area contributed by atoms with Crippen molar-refractivity contribution < 1.29 is 9.21 Å². The largest absolute Gasteiger partial charge is 0.454 e. The number of rotatable bonds is 3. The van der Waals surface area contributed by atoms with Gasteiger partial charge in [0, 0.05) is 0 Å². The molecule has 0 aliphatic carbocycles. The first-order chi connectivity index (χ1) is 7.99. The zero-order chi connectivity index (χ0) is 12.6. The van der Waals surface area contributed by atoms with Gasteiger partial charge in [-0.15, -0.1) is 0 Å². The summed E-state index contributed by atoms with van der Waals surface area (Å²) in [6.07, 6.45) is 0. The molecule has 0 saturated carbocycles. The lowest BCUT2D eigenvalue weighted by molar-refractivity contribution is 0.0972. The Morgan fingerprint density at radius 3 is 2.71 bits per heavy atom. The fraction of sp³-hybridized carbons (Fsp3) is 0.273. The molecule has 6 heteroatoms. The van der Waals surface area contributed by atoms with Gasteiger partial charge in [0.15, 0.2) is 5.76 Å². The second-order valence-corrected chi connectivity index (χ2v) is 4.57. The van der Waals surface area contributed by atoms with Crippen molar-refractivity contribution in [3.8, 4) is 0 Å². The van der Waals surface area contributed by atoms with Crippen LogP contribution >= 0.6 is 15.9 Å². The van der Waals surface area contributed by atoms with Gasteiger partial charge in [0.2, 0.25) is 0 Å². The van der Waals surface area contributed by atoms with Crippen LogP contribution in [0.15, 0.2) is 21.0 Å². The minimum Gasteiger partial charge on any atom is -0.454 e. The number of carbonyl (C=O) groups is 1. The molecule has 2 aromatic rings. The number of nitrogens with zero attached hydrogens (tertiary/aromatic N) is 2. The Kier molecular flexibility index (Phi) is 3.06. The van der Waals surface area contributed by atoms with Gasteiger partial charge < -0.3 is 10.2 Å². The van der Waals surface area contributed by atoms with E-state index in [4.69, 9.17) is 10.2 Å². The molecular weight excluding hydrogens is 286 g/mol. The molecule has 0 saturated heterocycles. The molecule has 0 aliphatic heterocycles. The highest BCUT2D eigenvalue weighted by Crippen LogP contribution is 2.21. The highest BCUT2D eigenvalue weighted by molar-refractivity contribution is 9.10. The van der Waals surface area contributed by atoms with Crippen LogP contribution in [0.1, 0.15) is 27.7 Å². The van der Waals surface area contributed by atoms with E-state index in [1.54, 1.807) is 12.1 Å². The number of furan rings is 1. The van der Waals surface area contributed by atoms with E-state index in [0.717, 1.165) is 15.9 Å². The Morgan fingerprint density at radius 1 is 1.53 bits per heavy atom. The Balaban J connectivity index is 2.25. The lowest BCUT2D eigenvalue weighted by Gasteiger charge is -2.01. The van der Waals surface area contributed by atoms with Gasteiger partial charge in [0.05, 0.1) is 22.4 Å². The summed E-state index contributed by atoms with van der Waals surface area (Å²) < 4.78 is 8.10. The molecule has 17 heavy (non-hydrogen) atoms. The van der Waals surface area contributed by atoms with E-state index in [1.165, 1.54) is 0 Å². The van der Waals surface area contributed by atoms with Crippen LogP contribution in [0.5, 0.6) is 0 Å². The van der Waals surface area contributed by atoms with E-state index < -0.39 is 5.91 Å². The van der Waals surface area contributed by atoms with Crippen LogP contribution in [-0.2, 0) is 6.54 Å². The number of halogens is 1. The van der Waals surface area contributed by atoms with Crippen LogP contribution in [-0.4, -0.2) is 15.7 Å².